The highest BCUT2D eigenvalue weighted by Gasteiger charge is 2.23. The summed E-state index contributed by atoms with van der Waals surface area (Å²) in [6.07, 6.45) is 0.403. The molecule has 0 radical (unpaired) electrons. The summed E-state index contributed by atoms with van der Waals surface area (Å²) in [5, 5.41) is 7.31. The van der Waals surface area contributed by atoms with E-state index >= 15 is 0 Å². The molecule has 172 valence electrons. The van der Waals surface area contributed by atoms with Crippen LogP contribution in [0.25, 0.3) is 5.69 Å². The number of carbonyl (C=O) groups is 2. The molecule has 1 aliphatic rings. The molecule has 0 aliphatic carbocycles. The molecule has 0 unspecified atom stereocenters. The highest BCUT2D eigenvalue weighted by Crippen LogP contribution is 2.18. The van der Waals surface area contributed by atoms with Crippen molar-refractivity contribution in [1.29, 1.82) is 0 Å². The Kier molecular flexibility index (Phi) is 6.84. The molecule has 1 aliphatic heterocycles. The lowest BCUT2D eigenvalue weighted by Gasteiger charge is -2.34. The maximum absolute atomic E-state index is 13.3. The van der Waals surface area contributed by atoms with E-state index in [1.807, 2.05) is 47.9 Å². The van der Waals surface area contributed by atoms with Gasteiger partial charge in [-0.05, 0) is 49.2 Å². The van der Waals surface area contributed by atoms with Crippen LogP contribution in [0.2, 0.25) is 0 Å². The van der Waals surface area contributed by atoms with Crippen molar-refractivity contribution in [3.63, 3.8) is 0 Å². The maximum Gasteiger partial charge on any atom is 0.239 e. The Morgan fingerprint density at radius 3 is 2.39 bits per heavy atom. The van der Waals surface area contributed by atoms with Gasteiger partial charge in [0.25, 0.3) is 0 Å². The average molecular weight is 450 g/mol. The smallest absolute Gasteiger partial charge is 0.239 e. The first-order valence-electron chi connectivity index (χ1n) is 11.1. The van der Waals surface area contributed by atoms with Crippen LogP contribution in [0, 0.1) is 19.7 Å². The summed E-state index contributed by atoms with van der Waals surface area (Å²) in [6.45, 7) is 6.57. The van der Waals surface area contributed by atoms with E-state index in [0.29, 0.717) is 44.1 Å². The number of amides is 2. The van der Waals surface area contributed by atoms with Crippen LogP contribution in [0.15, 0.2) is 54.6 Å². The molecule has 2 heterocycles. The number of aromatic nitrogens is 2. The van der Waals surface area contributed by atoms with E-state index in [-0.39, 0.29) is 24.2 Å². The summed E-state index contributed by atoms with van der Waals surface area (Å²) in [5.74, 6) is 0.172. The third kappa shape index (κ3) is 5.64. The van der Waals surface area contributed by atoms with Crippen LogP contribution in [-0.2, 0) is 16.0 Å². The van der Waals surface area contributed by atoms with Gasteiger partial charge in [-0.1, -0.05) is 24.3 Å². The number of benzene rings is 2. The fraction of sp³-hybridized carbons (Fsp3) is 0.320. The summed E-state index contributed by atoms with van der Waals surface area (Å²) in [5.41, 5.74) is 3.59. The van der Waals surface area contributed by atoms with Crippen LogP contribution < -0.4 is 5.32 Å². The summed E-state index contributed by atoms with van der Waals surface area (Å²) in [7, 11) is 0. The van der Waals surface area contributed by atoms with Gasteiger partial charge in [0.15, 0.2) is 0 Å². The molecule has 3 aromatic rings. The zero-order valence-corrected chi connectivity index (χ0v) is 18.9. The Labute approximate surface area is 192 Å². The molecule has 33 heavy (non-hydrogen) atoms. The molecule has 1 N–H and O–H groups in total. The second-order valence-corrected chi connectivity index (χ2v) is 8.37. The van der Waals surface area contributed by atoms with Gasteiger partial charge < -0.3 is 10.2 Å². The number of hydrogen-bond acceptors (Lipinski definition) is 4. The van der Waals surface area contributed by atoms with Crippen molar-refractivity contribution in [1.82, 2.24) is 19.6 Å². The van der Waals surface area contributed by atoms with Crippen molar-refractivity contribution in [3.05, 3.63) is 77.2 Å². The normalized spacial score (nSPS) is 14.3. The zero-order chi connectivity index (χ0) is 23.4. The maximum atomic E-state index is 13.3. The summed E-state index contributed by atoms with van der Waals surface area (Å²) < 4.78 is 14.8. The van der Waals surface area contributed by atoms with E-state index in [9.17, 15) is 14.0 Å². The van der Waals surface area contributed by atoms with Gasteiger partial charge in [0, 0.05) is 32.2 Å². The SMILES string of the molecule is Cc1cc(NC(=O)CN2CCN(C(=O)Cc3ccccc3C)CC2)n(-c2ccc(F)cc2)n1. The van der Waals surface area contributed by atoms with Gasteiger partial charge in [-0.25, -0.2) is 9.07 Å². The summed E-state index contributed by atoms with van der Waals surface area (Å²) >= 11 is 0. The first-order valence-corrected chi connectivity index (χ1v) is 11.1. The van der Waals surface area contributed by atoms with Crippen LogP contribution >= 0.6 is 0 Å². The Hall–Kier alpha value is -3.52. The van der Waals surface area contributed by atoms with Crippen molar-refractivity contribution >= 4 is 17.6 Å². The standard InChI is InChI=1S/C25H28FN5O2/c1-18-5-3-4-6-20(18)16-25(33)30-13-11-29(12-14-30)17-24(32)27-23-15-19(2)28-31(23)22-9-7-21(26)8-10-22/h3-10,15H,11-14,16-17H2,1-2H3,(H,27,32). The molecular formula is C25H28FN5O2. The lowest BCUT2D eigenvalue weighted by atomic mass is 10.1. The Morgan fingerprint density at radius 2 is 1.70 bits per heavy atom. The van der Waals surface area contributed by atoms with Crippen LogP contribution in [0.3, 0.4) is 0 Å². The van der Waals surface area contributed by atoms with E-state index in [2.05, 4.69) is 10.4 Å². The Morgan fingerprint density at radius 1 is 1.00 bits per heavy atom. The van der Waals surface area contributed by atoms with E-state index < -0.39 is 0 Å². The number of carbonyl (C=O) groups excluding carboxylic acids is 2. The third-order valence-corrected chi connectivity index (χ3v) is 5.87. The number of halogens is 1. The predicted molar refractivity (Wildman–Crippen MR) is 125 cm³/mol. The van der Waals surface area contributed by atoms with Gasteiger partial charge in [0.05, 0.1) is 24.3 Å². The number of rotatable bonds is 6. The van der Waals surface area contributed by atoms with E-state index in [1.54, 1.807) is 22.9 Å². The molecule has 2 amide bonds. The molecule has 4 rings (SSSR count). The van der Waals surface area contributed by atoms with E-state index in [1.165, 1.54) is 12.1 Å². The zero-order valence-electron chi connectivity index (χ0n) is 18.9. The van der Waals surface area contributed by atoms with Gasteiger partial charge >= 0.3 is 0 Å². The fourth-order valence-electron chi connectivity index (χ4n) is 3.99. The van der Waals surface area contributed by atoms with E-state index in [4.69, 9.17) is 0 Å². The first kappa shape index (κ1) is 22.7. The van der Waals surface area contributed by atoms with Crippen molar-refractivity contribution in [2.24, 2.45) is 0 Å². The van der Waals surface area contributed by atoms with Gasteiger partial charge in [0.1, 0.15) is 11.6 Å². The average Bonchev–Trinajstić information content (AvgIpc) is 3.16. The number of nitrogens with zero attached hydrogens (tertiary/aromatic N) is 4. The molecule has 2 aromatic carbocycles. The molecule has 0 bridgehead atoms. The minimum Gasteiger partial charge on any atom is -0.340 e. The second-order valence-electron chi connectivity index (χ2n) is 8.37. The molecule has 7 nitrogen and oxygen atoms in total. The van der Waals surface area contributed by atoms with Gasteiger partial charge in [-0.2, -0.15) is 5.10 Å². The fourth-order valence-corrected chi connectivity index (χ4v) is 3.99. The lowest BCUT2D eigenvalue weighted by Crippen LogP contribution is -2.50. The molecule has 0 atom stereocenters. The van der Waals surface area contributed by atoms with Crippen molar-refractivity contribution < 1.29 is 14.0 Å². The molecular weight excluding hydrogens is 421 g/mol. The third-order valence-electron chi connectivity index (χ3n) is 5.87. The number of aryl methyl sites for hydroxylation is 2. The highest BCUT2D eigenvalue weighted by molar-refractivity contribution is 5.91. The number of anilines is 1. The molecule has 0 spiro atoms. The van der Waals surface area contributed by atoms with Crippen molar-refractivity contribution in [3.8, 4) is 5.69 Å². The molecule has 0 saturated carbocycles. The monoisotopic (exact) mass is 449 g/mol. The molecule has 1 aromatic heterocycles. The quantitative estimate of drug-likeness (QED) is 0.628. The van der Waals surface area contributed by atoms with Gasteiger partial charge in [0.2, 0.25) is 11.8 Å². The van der Waals surface area contributed by atoms with Crippen LogP contribution in [0.4, 0.5) is 10.2 Å². The lowest BCUT2D eigenvalue weighted by molar-refractivity contribution is -0.132. The number of nitrogens with one attached hydrogen (secondary N) is 1. The predicted octanol–water partition coefficient (Wildman–Crippen LogP) is 2.95. The minimum absolute atomic E-state index is 0.118. The second kappa shape index (κ2) is 9.95. The van der Waals surface area contributed by atoms with E-state index in [0.717, 1.165) is 16.8 Å². The molecule has 1 fully saturated rings. The minimum atomic E-state index is -0.329. The van der Waals surface area contributed by atoms with Crippen molar-refractivity contribution in [2.45, 2.75) is 20.3 Å². The number of hydrogen-bond donors (Lipinski definition) is 1. The highest BCUT2D eigenvalue weighted by atomic mass is 19.1. The van der Waals surface area contributed by atoms with Crippen molar-refractivity contribution in [2.75, 3.05) is 38.0 Å². The van der Waals surface area contributed by atoms with Gasteiger partial charge in [-0.15, -0.1) is 0 Å². The summed E-state index contributed by atoms with van der Waals surface area (Å²) in [4.78, 5) is 29.3. The Balaban J connectivity index is 1.30. The largest absolute Gasteiger partial charge is 0.340 e. The summed E-state index contributed by atoms with van der Waals surface area (Å²) in [6, 6.07) is 15.7. The first-order chi connectivity index (χ1) is 15.9. The van der Waals surface area contributed by atoms with Crippen LogP contribution in [-0.4, -0.2) is 64.1 Å². The van der Waals surface area contributed by atoms with Crippen LogP contribution in [0.1, 0.15) is 16.8 Å². The topological polar surface area (TPSA) is 70.5 Å². The number of piperazine rings is 1. The molecule has 8 heteroatoms. The Bertz CT molecular complexity index is 1130. The van der Waals surface area contributed by atoms with Gasteiger partial charge in [-0.3, -0.25) is 14.5 Å². The van der Waals surface area contributed by atoms with Crippen LogP contribution in [0.5, 0.6) is 0 Å². The molecule has 1 saturated heterocycles.